The first-order valence-electron chi connectivity index (χ1n) is 12.0. The van der Waals surface area contributed by atoms with Crippen LogP contribution < -0.4 is 5.32 Å². The number of imidazole rings is 1. The van der Waals surface area contributed by atoms with Crippen LogP contribution >= 0.6 is 23.2 Å². The van der Waals surface area contributed by atoms with Crippen LogP contribution in [0.2, 0.25) is 10.0 Å². The first-order chi connectivity index (χ1) is 17.0. The molecule has 5 nitrogen and oxygen atoms in total. The first kappa shape index (κ1) is 23.9. The highest BCUT2D eigenvalue weighted by atomic mass is 35.5. The van der Waals surface area contributed by atoms with Crippen molar-refractivity contribution < 1.29 is 4.79 Å². The van der Waals surface area contributed by atoms with Crippen molar-refractivity contribution in [3.8, 4) is 0 Å². The molecule has 1 saturated heterocycles. The topological polar surface area (TPSA) is 50.2 Å². The molecule has 180 valence electrons. The monoisotopic (exact) mass is 506 g/mol. The summed E-state index contributed by atoms with van der Waals surface area (Å²) in [4.78, 5) is 20.2. The molecule has 0 saturated carbocycles. The smallest absolute Gasteiger partial charge is 0.224 e. The van der Waals surface area contributed by atoms with Crippen molar-refractivity contribution in [2.45, 2.75) is 32.5 Å². The Kier molecular flexibility index (Phi) is 7.37. The Labute approximate surface area is 215 Å². The van der Waals surface area contributed by atoms with Gasteiger partial charge >= 0.3 is 0 Å². The summed E-state index contributed by atoms with van der Waals surface area (Å²) < 4.78 is 2.28. The lowest BCUT2D eigenvalue weighted by atomic mass is 9.97. The second-order valence-electron chi connectivity index (χ2n) is 9.15. The van der Waals surface area contributed by atoms with E-state index in [4.69, 9.17) is 28.2 Å². The lowest BCUT2D eigenvalue weighted by Gasteiger charge is -2.31. The van der Waals surface area contributed by atoms with Gasteiger partial charge in [-0.1, -0.05) is 59.6 Å². The largest absolute Gasteiger partial charge is 0.352 e. The number of carbonyl (C=O) groups is 1. The molecule has 35 heavy (non-hydrogen) atoms. The number of carbonyl (C=O) groups excluding carboxylic acids is 1. The fourth-order valence-electron chi connectivity index (χ4n) is 4.74. The van der Waals surface area contributed by atoms with Crippen LogP contribution in [0.1, 0.15) is 29.8 Å². The average molecular weight is 507 g/mol. The fourth-order valence-corrected chi connectivity index (χ4v) is 5.00. The van der Waals surface area contributed by atoms with Crippen LogP contribution in [0.25, 0.3) is 11.0 Å². The van der Waals surface area contributed by atoms with Gasteiger partial charge in [-0.2, -0.15) is 0 Å². The molecule has 0 spiro atoms. The Morgan fingerprint density at radius 3 is 2.34 bits per heavy atom. The summed E-state index contributed by atoms with van der Waals surface area (Å²) >= 11 is 12.0. The number of likely N-dealkylation sites (tertiary alicyclic amines) is 1. The number of rotatable bonds is 7. The summed E-state index contributed by atoms with van der Waals surface area (Å²) in [6.45, 7) is 3.65. The number of aromatic nitrogens is 2. The van der Waals surface area contributed by atoms with Crippen molar-refractivity contribution in [1.29, 1.82) is 0 Å². The van der Waals surface area contributed by atoms with Crippen molar-refractivity contribution in [1.82, 2.24) is 19.8 Å². The molecule has 1 fully saturated rings. The number of fused-ring (bicyclic) bond motifs is 1. The molecule has 1 aliphatic heterocycles. The Balaban J connectivity index is 1.28. The lowest BCUT2D eigenvalue weighted by molar-refractivity contribution is -0.127. The van der Waals surface area contributed by atoms with Gasteiger partial charge in [0.2, 0.25) is 5.91 Å². The van der Waals surface area contributed by atoms with E-state index in [1.807, 2.05) is 48.5 Å². The van der Waals surface area contributed by atoms with Gasteiger partial charge in [0.15, 0.2) is 0 Å². The molecular formula is C28H28Cl2N4O. The summed E-state index contributed by atoms with van der Waals surface area (Å²) in [5.74, 6) is 1.10. The molecule has 0 aliphatic carbocycles. The number of hydrogen-bond acceptors (Lipinski definition) is 3. The predicted molar refractivity (Wildman–Crippen MR) is 142 cm³/mol. The van der Waals surface area contributed by atoms with Gasteiger partial charge in [-0.05, 0) is 66.9 Å². The van der Waals surface area contributed by atoms with Gasteiger partial charge in [0, 0.05) is 29.7 Å². The molecule has 2 heterocycles. The molecule has 0 unspecified atom stereocenters. The third-order valence-corrected chi connectivity index (χ3v) is 7.11. The Bertz CT molecular complexity index is 1300. The van der Waals surface area contributed by atoms with Gasteiger partial charge in [-0.15, -0.1) is 0 Å². The fraction of sp³-hybridized carbons (Fsp3) is 0.286. The molecule has 1 aliphatic rings. The third kappa shape index (κ3) is 5.87. The maximum atomic E-state index is 12.9. The van der Waals surface area contributed by atoms with Crippen LogP contribution in [0.5, 0.6) is 0 Å². The van der Waals surface area contributed by atoms with Crippen LogP contribution in [0, 0.1) is 5.92 Å². The molecule has 7 heteroatoms. The second kappa shape index (κ2) is 10.8. The van der Waals surface area contributed by atoms with Crippen molar-refractivity contribution in [2.75, 3.05) is 13.1 Å². The van der Waals surface area contributed by atoms with E-state index in [0.29, 0.717) is 18.1 Å². The summed E-state index contributed by atoms with van der Waals surface area (Å²) in [5.41, 5.74) is 4.33. The van der Waals surface area contributed by atoms with Gasteiger partial charge in [0.25, 0.3) is 0 Å². The molecule has 1 amide bonds. The number of piperidine rings is 1. The SMILES string of the molecule is O=C(NCc1ccc(Cl)cc1)[C@H]1CCCN(Cc2nc3ccccc3n2Cc2ccc(Cl)cc2)C1. The standard InChI is InChI=1S/C28H28Cl2N4O/c29-23-11-7-20(8-12-23)16-31-28(35)22-4-3-15-33(18-22)19-27-32-25-5-1-2-6-26(25)34(27)17-21-9-13-24(30)14-10-21/h1-2,5-14,22H,3-4,15-19H2,(H,31,35)/t22-/m0/s1. The molecule has 5 rings (SSSR count). The third-order valence-electron chi connectivity index (χ3n) is 6.61. The van der Waals surface area contributed by atoms with Crippen LogP contribution in [-0.4, -0.2) is 33.4 Å². The minimum absolute atomic E-state index is 0.0230. The van der Waals surface area contributed by atoms with E-state index in [-0.39, 0.29) is 11.8 Å². The summed E-state index contributed by atoms with van der Waals surface area (Å²) in [6, 6.07) is 23.8. The van der Waals surface area contributed by atoms with Crippen LogP contribution in [0.3, 0.4) is 0 Å². The molecule has 1 N–H and O–H groups in total. The zero-order chi connectivity index (χ0) is 24.2. The van der Waals surface area contributed by atoms with E-state index in [1.54, 1.807) is 0 Å². The van der Waals surface area contributed by atoms with Gasteiger partial charge in [0.1, 0.15) is 5.82 Å². The van der Waals surface area contributed by atoms with Crippen LogP contribution in [0.4, 0.5) is 0 Å². The molecule has 1 aromatic heterocycles. The average Bonchev–Trinajstić information content (AvgIpc) is 3.21. The minimum Gasteiger partial charge on any atom is -0.352 e. The lowest BCUT2D eigenvalue weighted by Crippen LogP contribution is -2.42. The summed E-state index contributed by atoms with van der Waals surface area (Å²) in [6.07, 6.45) is 1.90. The van der Waals surface area contributed by atoms with E-state index < -0.39 is 0 Å². The number of para-hydroxylation sites is 2. The van der Waals surface area contributed by atoms with E-state index in [0.717, 1.165) is 59.9 Å². The highest BCUT2D eigenvalue weighted by Gasteiger charge is 2.27. The highest BCUT2D eigenvalue weighted by Crippen LogP contribution is 2.23. The van der Waals surface area contributed by atoms with Crippen LogP contribution in [-0.2, 0) is 24.4 Å². The summed E-state index contributed by atoms with van der Waals surface area (Å²) in [5, 5.41) is 4.54. The highest BCUT2D eigenvalue weighted by molar-refractivity contribution is 6.30. The maximum Gasteiger partial charge on any atom is 0.224 e. The van der Waals surface area contributed by atoms with Crippen molar-refractivity contribution >= 4 is 40.1 Å². The normalized spacial score (nSPS) is 16.5. The molecule has 1 atom stereocenters. The molecule has 0 bridgehead atoms. The zero-order valence-corrected chi connectivity index (χ0v) is 21.0. The van der Waals surface area contributed by atoms with Gasteiger partial charge < -0.3 is 9.88 Å². The van der Waals surface area contributed by atoms with Crippen molar-refractivity contribution in [2.24, 2.45) is 5.92 Å². The minimum atomic E-state index is -0.0230. The molecule has 0 radical (unpaired) electrons. The molecular weight excluding hydrogens is 479 g/mol. The quantitative estimate of drug-likeness (QED) is 0.338. The van der Waals surface area contributed by atoms with Crippen molar-refractivity contribution in [3.05, 3.63) is 99.8 Å². The van der Waals surface area contributed by atoms with Gasteiger partial charge in [-0.3, -0.25) is 9.69 Å². The van der Waals surface area contributed by atoms with E-state index in [2.05, 4.69) is 39.0 Å². The number of nitrogens with zero attached hydrogens (tertiary/aromatic N) is 3. The van der Waals surface area contributed by atoms with E-state index in [1.165, 1.54) is 5.56 Å². The first-order valence-corrected chi connectivity index (χ1v) is 12.7. The predicted octanol–water partition coefficient (Wildman–Crippen LogP) is 5.92. The number of hydrogen-bond donors (Lipinski definition) is 1. The number of nitrogens with one attached hydrogen (secondary N) is 1. The Hall–Kier alpha value is -2.86. The molecule has 4 aromatic rings. The van der Waals surface area contributed by atoms with Crippen molar-refractivity contribution in [3.63, 3.8) is 0 Å². The Morgan fingerprint density at radius 1 is 0.914 bits per heavy atom. The second-order valence-corrected chi connectivity index (χ2v) is 10.0. The van der Waals surface area contributed by atoms with Gasteiger partial charge in [0.05, 0.1) is 23.5 Å². The maximum absolute atomic E-state index is 12.9. The van der Waals surface area contributed by atoms with E-state index in [9.17, 15) is 4.79 Å². The van der Waals surface area contributed by atoms with E-state index >= 15 is 0 Å². The zero-order valence-electron chi connectivity index (χ0n) is 19.5. The molecule has 3 aromatic carbocycles. The number of benzene rings is 3. The summed E-state index contributed by atoms with van der Waals surface area (Å²) in [7, 11) is 0. The van der Waals surface area contributed by atoms with Gasteiger partial charge in [-0.25, -0.2) is 4.98 Å². The van der Waals surface area contributed by atoms with Crippen LogP contribution in [0.15, 0.2) is 72.8 Å². The Morgan fingerprint density at radius 2 is 1.60 bits per heavy atom. The number of halogens is 2. The number of amides is 1.